The van der Waals surface area contributed by atoms with E-state index in [0.29, 0.717) is 0 Å². The van der Waals surface area contributed by atoms with E-state index in [4.69, 9.17) is 9.97 Å². The van der Waals surface area contributed by atoms with Crippen LogP contribution >= 0.6 is 0 Å². The summed E-state index contributed by atoms with van der Waals surface area (Å²) in [5, 5.41) is 14.9. The number of hydrogen-bond acceptors (Lipinski definition) is 2. The highest BCUT2D eigenvalue weighted by molar-refractivity contribution is 6.34. The highest BCUT2D eigenvalue weighted by atomic mass is 15.1. The largest absolute Gasteiger partial charge is 0.292 e. The van der Waals surface area contributed by atoms with Crippen molar-refractivity contribution < 1.29 is 0 Å². The van der Waals surface area contributed by atoms with E-state index in [0.717, 1.165) is 67.3 Å². The van der Waals surface area contributed by atoms with Gasteiger partial charge < -0.3 is 0 Å². The minimum atomic E-state index is 0.928. The molecule has 64 heavy (non-hydrogen) atoms. The van der Waals surface area contributed by atoms with Gasteiger partial charge in [0.05, 0.1) is 22.1 Å². The van der Waals surface area contributed by atoms with Gasteiger partial charge in [-0.25, -0.2) is 9.97 Å². The minimum absolute atomic E-state index is 0.928. The molecule has 296 valence electrons. The number of nitrogens with zero attached hydrogens (tertiary/aromatic N) is 4. The van der Waals surface area contributed by atoms with E-state index in [2.05, 4.69) is 228 Å². The Morgan fingerprint density at radius 3 is 1.02 bits per heavy atom. The molecule has 2 heterocycles. The summed E-state index contributed by atoms with van der Waals surface area (Å²) in [6, 6.07) is 74.3. The van der Waals surface area contributed by atoms with Crippen molar-refractivity contribution in [2.24, 2.45) is 0 Å². The van der Waals surface area contributed by atoms with Gasteiger partial charge >= 0.3 is 0 Å². The van der Waals surface area contributed by atoms with Crippen LogP contribution in [0.2, 0.25) is 0 Å². The Hall–Kier alpha value is -8.60. The van der Waals surface area contributed by atoms with Gasteiger partial charge in [0.2, 0.25) is 0 Å². The van der Waals surface area contributed by atoms with Crippen molar-refractivity contribution in [2.75, 3.05) is 0 Å². The summed E-state index contributed by atoms with van der Waals surface area (Å²) in [4.78, 5) is 11.0. The van der Waals surface area contributed by atoms with Crippen LogP contribution in [0.15, 0.2) is 206 Å². The molecule has 0 radical (unpaired) electrons. The number of imidazole rings is 2. The molecular weight excluding hydrogens is 777 g/mol. The van der Waals surface area contributed by atoms with Crippen LogP contribution in [0.3, 0.4) is 0 Å². The third kappa shape index (κ3) is 5.05. The van der Waals surface area contributed by atoms with E-state index in [1.165, 1.54) is 64.6 Å². The van der Waals surface area contributed by atoms with Gasteiger partial charge in [-0.2, -0.15) is 0 Å². The van der Waals surface area contributed by atoms with Crippen LogP contribution in [0, 0.1) is 0 Å². The number of aromatic nitrogens is 4. The van der Waals surface area contributed by atoms with E-state index in [-0.39, 0.29) is 0 Å². The maximum Gasteiger partial charge on any atom is 0.145 e. The summed E-state index contributed by atoms with van der Waals surface area (Å²) < 4.78 is 4.70. The van der Waals surface area contributed by atoms with Gasteiger partial charge in [-0.1, -0.05) is 194 Å². The summed E-state index contributed by atoms with van der Waals surface area (Å²) in [7, 11) is 0. The average Bonchev–Trinajstić information content (AvgIpc) is 3.97. The fourth-order valence-electron chi connectivity index (χ4n) is 10.5. The van der Waals surface area contributed by atoms with Crippen molar-refractivity contribution in [1.29, 1.82) is 0 Å². The highest BCUT2D eigenvalue weighted by Gasteiger charge is 2.23. The zero-order valence-corrected chi connectivity index (χ0v) is 34.6. The molecule has 0 atom stereocenters. The first-order valence-corrected chi connectivity index (χ1v) is 21.9. The standard InChI is InChI=1S/C60H36N4/c1-3-15-45(16-4-1)63-57-49-21-9-13-41-35-33-39-11-7-19-47(51(39)53(41)49)55(57)61-59(63)43-29-25-37(26-30-43)23-24-38-27-31-44(32-28-38)60-62-56-48-20-8-12-40-34-36-42-14-10-22-50(54(42)52(40)48)58(56)64(60)46-17-5-2-6-18-46/h1-36H. The Morgan fingerprint density at radius 2 is 0.641 bits per heavy atom. The van der Waals surface area contributed by atoms with Crippen LogP contribution in [0.4, 0.5) is 0 Å². The molecule has 0 spiro atoms. The number of rotatable bonds is 6. The van der Waals surface area contributed by atoms with Gasteiger partial charge in [-0.3, -0.25) is 9.13 Å². The molecular formula is C60H36N4. The van der Waals surface area contributed by atoms with Crippen LogP contribution in [0.1, 0.15) is 11.1 Å². The molecule has 0 unspecified atom stereocenters. The Kier molecular flexibility index (Phi) is 7.36. The lowest BCUT2D eigenvalue weighted by atomic mass is 9.93. The summed E-state index contributed by atoms with van der Waals surface area (Å²) in [5.41, 5.74) is 10.9. The molecule has 0 N–H and O–H groups in total. The van der Waals surface area contributed by atoms with Gasteiger partial charge in [0.25, 0.3) is 0 Å². The third-order valence-electron chi connectivity index (χ3n) is 13.4. The monoisotopic (exact) mass is 812 g/mol. The maximum atomic E-state index is 5.48. The second-order valence-electron chi connectivity index (χ2n) is 16.9. The molecule has 0 saturated heterocycles. The summed E-state index contributed by atoms with van der Waals surface area (Å²) in [6.07, 6.45) is 4.38. The van der Waals surface area contributed by atoms with E-state index >= 15 is 0 Å². The zero-order chi connectivity index (χ0) is 41.9. The minimum Gasteiger partial charge on any atom is -0.292 e. The normalized spacial score (nSPS) is 12.3. The molecule has 4 heteroatoms. The van der Waals surface area contributed by atoms with E-state index in [1.54, 1.807) is 0 Å². The van der Waals surface area contributed by atoms with Crippen molar-refractivity contribution >= 4 is 98.9 Å². The van der Waals surface area contributed by atoms with Crippen LogP contribution in [-0.4, -0.2) is 19.1 Å². The van der Waals surface area contributed by atoms with Crippen LogP contribution in [0.5, 0.6) is 0 Å². The predicted molar refractivity (Wildman–Crippen MR) is 269 cm³/mol. The molecule has 0 saturated carbocycles. The number of para-hydroxylation sites is 2. The Morgan fingerprint density at radius 1 is 0.297 bits per heavy atom. The molecule has 12 aromatic carbocycles. The third-order valence-corrected chi connectivity index (χ3v) is 13.4. The molecule has 0 aliphatic rings. The molecule has 0 fully saturated rings. The van der Waals surface area contributed by atoms with Crippen LogP contribution in [0.25, 0.3) is 133 Å². The topological polar surface area (TPSA) is 35.6 Å². The Bertz CT molecular complexity index is 3870. The Labute approximate surface area is 367 Å². The fourth-order valence-corrected chi connectivity index (χ4v) is 10.5. The van der Waals surface area contributed by atoms with Gasteiger partial charge in [0.15, 0.2) is 0 Å². The van der Waals surface area contributed by atoms with Crippen LogP contribution < -0.4 is 0 Å². The lowest BCUT2D eigenvalue weighted by Gasteiger charge is -2.14. The lowest BCUT2D eigenvalue weighted by Crippen LogP contribution is -1.98. The fraction of sp³-hybridized carbons (Fsp3) is 0. The van der Waals surface area contributed by atoms with Gasteiger partial charge in [-0.15, -0.1) is 0 Å². The molecule has 14 rings (SSSR count). The average molecular weight is 813 g/mol. The smallest absolute Gasteiger partial charge is 0.145 e. The molecule has 2 aromatic heterocycles. The van der Waals surface area contributed by atoms with Gasteiger partial charge in [0.1, 0.15) is 11.6 Å². The molecule has 4 nitrogen and oxygen atoms in total. The van der Waals surface area contributed by atoms with E-state index in [1.807, 2.05) is 0 Å². The summed E-state index contributed by atoms with van der Waals surface area (Å²) >= 11 is 0. The van der Waals surface area contributed by atoms with E-state index < -0.39 is 0 Å². The second kappa shape index (κ2) is 13.4. The predicted octanol–water partition coefficient (Wildman–Crippen LogP) is 15.7. The van der Waals surface area contributed by atoms with Crippen molar-refractivity contribution in [3.8, 4) is 34.2 Å². The first-order chi connectivity index (χ1) is 31.7. The van der Waals surface area contributed by atoms with Crippen molar-refractivity contribution in [1.82, 2.24) is 19.1 Å². The molecule has 0 aliphatic carbocycles. The summed E-state index contributed by atoms with van der Waals surface area (Å²) in [6.45, 7) is 0. The summed E-state index contributed by atoms with van der Waals surface area (Å²) in [5.74, 6) is 1.86. The number of fused-ring (bicyclic) bond motifs is 6. The first-order valence-electron chi connectivity index (χ1n) is 21.9. The zero-order valence-electron chi connectivity index (χ0n) is 34.6. The van der Waals surface area contributed by atoms with Crippen molar-refractivity contribution in [3.05, 3.63) is 217 Å². The van der Waals surface area contributed by atoms with Crippen molar-refractivity contribution in [3.63, 3.8) is 0 Å². The number of benzene rings is 12. The van der Waals surface area contributed by atoms with E-state index in [9.17, 15) is 0 Å². The first kappa shape index (κ1) is 35.0. The van der Waals surface area contributed by atoms with Gasteiger partial charge in [-0.05, 0) is 78.5 Å². The van der Waals surface area contributed by atoms with Crippen molar-refractivity contribution in [2.45, 2.75) is 0 Å². The van der Waals surface area contributed by atoms with Crippen LogP contribution in [-0.2, 0) is 0 Å². The molecule has 14 aromatic rings. The second-order valence-corrected chi connectivity index (χ2v) is 16.9. The molecule has 0 bridgehead atoms. The highest BCUT2D eigenvalue weighted by Crippen LogP contribution is 2.45. The lowest BCUT2D eigenvalue weighted by molar-refractivity contribution is 1.11. The van der Waals surface area contributed by atoms with Gasteiger partial charge in [0, 0.05) is 44.0 Å². The molecule has 0 amide bonds. The quantitative estimate of drug-likeness (QED) is 0.124. The SMILES string of the molecule is C(=Cc1ccc(-c2nc3c4cccc5ccc6cccc(c6c54)c3n2-c2ccccc2)cc1)c1ccc(-c2nc3c4cccc5ccc6cccc(c6c54)c3n2-c2ccccc2)cc1. The maximum absolute atomic E-state index is 5.48. The molecule has 0 aliphatic heterocycles. The number of hydrogen-bond donors (Lipinski definition) is 0. The Balaban J connectivity index is 0.852.